The van der Waals surface area contributed by atoms with Crippen molar-refractivity contribution < 1.29 is 0 Å². The Bertz CT molecular complexity index is 1340. The number of hydrogen-bond acceptors (Lipinski definition) is 5. The van der Waals surface area contributed by atoms with Gasteiger partial charge in [-0.05, 0) is 72.1 Å². The number of rotatable bonds is 9. The highest BCUT2D eigenvalue weighted by Crippen LogP contribution is 2.42. The van der Waals surface area contributed by atoms with Crippen LogP contribution in [0.4, 0.5) is 0 Å². The van der Waals surface area contributed by atoms with Gasteiger partial charge in [0.15, 0.2) is 0 Å². The van der Waals surface area contributed by atoms with Gasteiger partial charge in [-0.2, -0.15) is 5.21 Å². The molecule has 5 rings (SSSR count). The van der Waals surface area contributed by atoms with Crippen LogP contribution in [0.5, 0.6) is 0 Å². The summed E-state index contributed by atoms with van der Waals surface area (Å²) in [6.45, 7) is 7.19. The molecule has 8 heteroatoms. The Kier molecular flexibility index (Phi) is 6.61. The van der Waals surface area contributed by atoms with Crippen LogP contribution >= 0.6 is 0 Å². The van der Waals surface area contributed by atoms with Gasteiger partial charge < -0.3 is 0 Å². The third-order valence-electron chi connectivity index (χ3n) is 7.31. The van der Waals surface area contributed by atoms with Gasteiger partial charge in [-0.1, -0.05) is 45.4 Å². The number of aromatic nitrogens is 7. The molecule has 3 aromatic heterocycles. The number of nitrogens with one attached hydrogen (secondary N) is 1. The Morgan fingerprint density at radius 3 is 2.66 bits per heavy atom. The molecule has 1 saturated carbocycles. The lowest BCUT2D eigenvalue weighted by Crippen LogP contribution is -2.38. The van der Waals surface area contributed by atoms with E-state index in [1.54, 1.807) is 0 Å². The maximum absolute atomic E-state index is 13.6. The predicted molar refractivity (Wildman–Crippen MR) is 136 cm³/mol. The number of nitrogens with zero attached hydrogens (tertiary/aromatic N) is 6. The van der Waals surface area contributed by atoms with E-state index in [0.717, 1.165) is 53.8 Å². The Labute approximate surface area is 205 Å². The number of pyridine rings is 1. The number of H-pyrrole nitrogens is 1. The SMILES string of the molecule is CCCCc1cn(C2CCC2C(C)C)c(=O)n1Cc1cc(-c2cccc(-c3nn[nH]n3)c2)ccn1. The van der Waals surface area contributed by atoms with Crippen molar-refractivity contribution in [3.8, 4) is 22.5 Å². The molecule has 1 fully saturated rings. The van der Waals surface area contributed by atoms with E-state index < -0.39 is 0 Å². The van der Waals surface area contributed by atoms with E-state index in [2.05, 4.69) is 64.7 Å². The highest BCUT2D eigenvalue weighted by molar-refractivity contribution is 5.70. The van der Waals surface area contributed by atoms with Crippen LogP contribution in [0, 0.1) is 11.8 Å². The smallest absolute Gasteiger partial charge is 0.296 e. The highest BCUT2D eigenvalue weighted by atomic mass is 16.1. The Morgan fingerprint density at radius 1 is 1.11 bits per heavy atom. The largest absolute Gasteiger partial charge is 0.328 e. The number of hydrogen-bond donors (Lipinski definition) is 1. The summed E-state index contributed by atoms with van der Waals surface area (Å²) in [7, 11) is 0. The first-order valence-electron chi connectivity index (χ1n) is 12.6. The number of benzene rings is 1. The Balaban J connectivity index is 1.45. The highest BCUT2D eigenvalue weighted by Gasteiger charge is 2.36. The van der Waals surface area contributed by atoms with Crippen molar-refractivity contribution in [2.45, 2.75) is 65.5 Å². The van der Waals surface area contributed by atoms with Crippen molar-refractivity contribution >= 4 is 0 Å². The summed E-state index contributed by atoms with van der Waals surface area (Å²) in [5.41, 5.74) is 5.06. The Morgan fingerprint density at radius 2 is 1.94 bits per heavy atom. The van der Waals surface area contributed by atoms with E-state index in [0.29, 0.717) is 30.2 Å². The van der Waals surface area contributed by atoms with Gasteiger partial charge in [-0.3, -0.25) is 14.1 Å². The summed E-state index contributed by atoms with van der Waals surface area (Å²) >= 11 is 0. The monoisotopic (exact) mass is 471 g/mol. The fraction of sp³-hybridized carbons (Fsp3) is 0.444. The molecule has 4 aromatic rings. The molecule has 0 spiro atoms. The lowest BCUT2D eigenvalue weighted by Gasteiger charge is -2.39. The van der Waals surface area contributed by atoms with E-state index in [-0.39, 0.29) is 5.69 Å². The molecule has 0 bridgehead atoms. The van der Waals surface area contributed by atoms with E-state index in [1.807, 2.05) is 39.6 Å². The minimum Gasteiger partial charge on any atom is -0.296 e. The number of aryl methyl sites for hydroxylation is 1. The van der Waals surface area contributed by atoms with Crippen molar-refractivity contribution in [2.75, 3.05) is 0 Å². The van der Waals surface area contributed by atoms with Crippen LogP contribution < -0.4 is 5.69 Å². The summed E-state index contributed by atoms with van der Waals surface area (Å²) < 4.78 is 3.95. The van der Waals surface area contributed by atoms with Gasteiger partial charge in [0, 0.05) is 29.7 Å². The maximum atomic E-state index is 13.6. The normalized spacial score (nSPS) is 17.6. The lowest BCUT2D eigenvalue weighted by molar-refractivity contribution is 0.125. The van der Waals surface area contributed by atoms with E-state index >= 15 is 0 Å². The molecule has 0 radical (unpaired) electrons. The third kappa shape index (κ3) is 4.70. The molecule has 1 aromatic carbocycles. The van der Waals surface area contributed by atoms with Crippen LogP contribution in [0.25, 0.3) is 22.5 Å². The molecule has 0 amide bonds. The van der Waals surface area contributed by atoms with Gasteiger partial charge in [0.25, 0.3) is 0 Å². The molecule has 2 atom stereocenters. The molecule has 1 N–H and O–H groups in total. The molecule has 35 heavy (non-hydrogen) atoms. The van der Waals surface area contributed by atoms with Crippen molar-refractivity contribution in [1.82, 2.24) is 34.7 Å². The van der Waals surface area contributed by atoms with Gasteiger partial charge in [0.1, 0.15) is 0 Å². The molecule has 182 valence electrons. The third-order valence-corrected chi connectivity index (χ3v) is 7.31. The molecule has 0 saturated heterocycles. The van der Waals surface area contributed by atoms with Gasteiger partial charge >= 0.3 is 5.69 Å². The maximum Gasteiger partial charge on any atom is 0.328 e. The second-order valence-electron chi connectivity index (χ2n) is 9.90. The summed E-state index contributed by atoms with van der Waals surface area (Å²) in [5.74, 6) is 1.73. The summed E-state index contributed by atoms with van der Waals surface area (Å²) in [6.07, 6.45) is 9.31. The zero-order chi connectivity index (χ0) is 24.4. The topological polar surface area (TPSA) is 94.3 Å². The molecule has 3 heterocycles. The minimum absolute atomic E-state index is 0.0951. The van der Waals surface area contributed by atoms with Crippen LogP contribution in [0.3, 0.4) is 0 Å². The first-order chi connectivity index (χ1) is 17.0. The van der Waals surface area contributed by atoms with Crippen molar-refractivity contribution in [2.24, 2.45) is 11.8 Å². The summed E-state index contributed by atoms with van der Waals surface area (Å²) in [4.78, 5) is 18.2. The summed E-state index contributed by atoms with van der Waals surface area (Å²) in [5, 5.41) is 14.3. The van der Waals surface area contributed by atoms with Crippen molar-refractivity contribution in [1.29, 1.82) is 0 Å². The minimum atomic E-state index is 0.0951. The number of aromatic amines is 1. The average molecular weight is 472 g/mol. The summed E-state index contributed by atoms with van der Waals surface area (Å²) in [6, 6.07) is 12.4. The molecule has 2 unspecified atom stereocenters. The first kappa shape index (κ1) is 23.2. The van der Waals surface area contributed by atoms with E-state index in [4.69, 9.17) is 0 Å². The second-order valence-corrected chi connectivity index (χ2v) is 9.90. The first-order valence-corrected chi connectivity index (χ1v) is 12.6. The molecule has 1 aliphatic carbocycles. The van der Waals surface area contributed by atoms with Gasteiger partial charge in [-0.15, -0.1) is 10.2 Å². The molecule has 8 nitrogen and oxygen atoms in total. The predicted octanol–water partition coefficient (Wildman–Crippen LogP) is 4.89. The molecular formula is C27H33N7O. The Hall–Kier alpha value is -3.55. The fourth-order valence-electron chi connectivity index (χ4n) is 5.17. The number of tetrazole rings is 1. The number of unbranched alkanes of at least 4 members (excludes halogenated alkanes) is 1. The van der Waals surface area contributed by atoms with Gasteiger partial charge in [0.2, 0.25) is 5.82 Å². The zero-order valence-corrected chi connectivity index (χ0v) is 20.7. The molecule has 1 aliphatic rings. The van der Waals surface area contributed by atoms with Crippen molar-refractivity contribution in [3.05, 3.63) is 70.7 Å². The standard InChI is InChI=1S/C27H33N7O/c1-4-5-9-23-17-34(25-11-10-24(25)18(2)3)27(35)33(23)16-22-15-20(12-13-28-22)19-7-6-8-21(14-19)26-29-31-32-30-26/h6-8,12-15,17-18,24-25H,4-5,9-11,16H2,1-3H3,(H,29,30,31,32). The van der Waals surface area contributed by atoms with Crippen LogP contribution in [0.2, 0.25) is 0 Å². The lowest BCUT2D eigenvalue weighted by atomic mass is 9.72. The second kappa shape index (κ2) is 9.98. The van der Waals surface area contributed by atoms with Crippen LogP contribution in [-0.2, 0) is 13.0 Å². The van der Waals surface area contributed by atoms with E-state index in [9.17, 15) is 4.79 Å². The molecular weight excluding hydrogens is 438 g/mol. The fourth-order valence-corrected chi connectivity index (χ4v) is 5.17. The van der Waals surface area contributed by atoms with Gasteiger partial charge in [0.05, 0.1) is 12.2 Å². The number of imidazole rings is 1. The van der Waals surface area contributed by atoms with Crippen LogP contribution in [-0.4, -0.2) is 34.7 Å². The zero-order valence-electron chi connectivity index (χ0n) is 20.7. The van der Waals surface area contributed by atoms with E-state index in [1.165, 1.54) is 6.42 Å². The van der Waals surface area contributed by atoms with Gasteiger partial charge in [-0.25, -0.2) is 4.79 Å². The van der Waals surface area contributed by atoms with Crippen LogP contribution in [0.15, 0.2) is 53.6 Å². The average Bonchev–Trinajstić information content (AvgIpc) is 3.47. The van der Waals surface area contributed by atoms with Crippen molar-refractivity contribution in [3.63, 3.8) is 0 Å². The molecule has 0 aliphatic heterocycles. The quantitative estimate of drug-likeness (QED) is 0.375. The van der Waals surface area contributed by atoms with Crippen LogP contribution in [0.1, 0.15) is 63.9 Å².